The molecule has 0 saturated carbocycles. The van der Waals surface area contributed by atoms with Crippen LogP contribution >= 0.6 is 0 Å². The number of hydrogen-bond acceptors (Lipinski definition) is 4. The molecule has 2 heterocycles. The predicted molar refractivity (Wildman–Crippen MR) is 56.1 cm³/mol. The molecule has 0 aliphatic carbocycles. The summed E-state index contributed by atoms with van der Waals surface area (Å²) < 4.78 is 25.7. The van der Waals surface area contributed by atoms with Crippen LogP contribution in [0.3, 0.4) is 0 Å². The Morgan fingerprint density at radius 1 is 1.38 bits per heavy atom. The molecule has 3 N–H and O–H groups in total. The van der Waals surface area contributed by atoms with Gasteiger partial charge < -0.3 is 4.98 Å². The highest BCUT2D eigenvalue weighted by molar-refractivity contribution is 7.89. The van der Waals surface area contributed by atoms with Crippen molar-refractivity contribution in [1.82, 2.24) is 24.9 Å². The zero-order valence-corrected chi connectivity index (χ0v) is 9.16. The van der Waals surface area contributed by atoms with Crippen molar-refractivity contribution in [2.45, 2.75) is 11.3 Å². The van der Waals surface area contributed by atoms with E-state index in [1.165, 1.54) is 12.4 Å². The van der Waals surface area contributed by atoms with E-state index in [1.807, 2.05) is 0 Å². The molecule has 0 aliphatic rings. The number of aromatic amines is 2. The first-order chi connectivity index (χ1) is 7.68. The fourth-order valence-electron chi connectivity index (χ4n) is 1.21. The first kappa shape index (κ1) is 10.8. The Morgan fingerprint density at radius 3 is 2.88 bits per heavy atom. The third-order valence-corrected chi connectivity index (χ3v) is 3.45. The third-order valence-electron chi connectivity index (χ3n) is 2.02. The van der Waals surface area contributed by atoms with Crippen molar-refractivity contribution in [3.8, 4) is 0 Å². The molecular formula is C8H11N5O2S. The van der Waals surface area contributed by atoms with Gasteiger partial charge in [0.15, 0.2) is 0 Å². The van der Waals surface area contributed by atoms with Gasteiger partial charge in [0.05, 0.1) is 12.5 Å². The van der Waals surface area contributed by atoms with Gasteiger partial charge in [-0.25, -0.2) is 18.1 Å². The first-order valence-electron chi connectivity index (χ1n) is 4.64. The molecule has 0 atom stereocenters. The molecule has 8 heteroatoms. The Morgan fingerprint density at radius 2 is 2.25 bits per heavy atom. The predicted octanol–water partition coefficient (Wildman–Crippen LogP) is -0.346. The molecule has 0 aromatic carbocycles. The van der Waals surface area contributed by atoms with E-state index in [1.54, 1.807) is 12.5 Å². The van der Waals surface area contributed by atoms with Crippen LogP contribution in [0.25, 0.3) is 0 Å². The van der Waals surface area contributed by atoms with Crippen LogP contribution in [0.5, 0.6) is 0 Å². The molecule has 16 heavy (non-hydrogen) atoms. The Bertz CT molecular complexity index is 517. The topological polar surface area (TPSA) is 104 Å². The molecule has 2 aromatic heterocycles. The van der Waals surface area contributed by atoms with Gasteiger partial charge in [-0.15, -0.1) is 0 Å². The summed E-state index contributed by atoms with van der Waals surface area (Å²) in [5, 5.41) is 6.04. The standard InChI is InChI=1S/C8H11N5O2S/c14-16(15,8-4-11-12-5-8)13-2-1-7-3-9-6-10-7/h3-6,13H,1-2H2,(H,9,10)(H,11,12). The molecule has 0 fully saturated rings. The van der Waals surface area contributed by atoms with E-state index >= 15 is 0 Å². The van der Waals surface area contributed by atoms with Crippen molar-refractivity contribution in [3.63, 3.8) is 0 Å². The minimum atomic E-state index is -3.45. The SMILES string of the molecule is O=S(=O)(NCCc1cnc[nH]1)c1cn[nH]c1. The lowest BCUT2D eigenvalue weighted by Gasteiger charge is -2.02. The van der Waals surface area contributed by atoms with E-state index in [9.17, 15) is 8.42 Å². The van der Waals surface area contributed by atoms with E-state index in [2.05, 4.69) is 24.9 Å². The Balaban J connectivity index is 1.91. The zero-order chi connectivity index (χ0) is 11.4. The summed E-state index contributed by atoms with van der Waals surface area (Å²) >= 11 is 0. The second-order valence-corrected chi connectivity index (χ2v) is 4.93. The molecule has 86 valence electrons. The van der Waals surface area contributed by atoms with E-state index in [-0.39, 0.29) is 4.90 Å². The van der Waals surface area contributed by atoms with Crippen molar-refractivity contribution in [3.05, 3.63) is 30.6 Å². The van der Waals surface area contributed by atoms with Crippen LogP contribution in [0, 0.1) is 0 Å². The summed E-state index contributed by atoms with van der Waals surface area (Å²) in [6.45, 7) is 0.315. The fraction of sp³-hybridized carbons (Fsp3) is 0.250. The number of nitrogens with zero attached hydrogens (tertiary/aromatic N) is 2. The average molecular weight is 241 g/mol. The molecule has 0 radical (unpaired) electrons. The van der Waals surface area contributed by atoms with Crippen molar-refractivity contribution >= 4 is 10.0 Å². The number of aromatic nitrogens is 4. The highest BCUT2D eigenvalue weighted by atomic mass is 32.2. The van der Waals surface area contributed by atoms with E-state index < -0.39 is 10.0 Å². The molecule has 0 bridgehead atoms. The van der Waals surface area contributed by atoms with Crippen molar-refractivity contribution < 1.29 is 8.42 Å². The van der Waals surface area contributed by atoms with Gasteiger partial charge in [0.25, 0.3) is 0 Å². The fourth-order valence-corrected chi connectivity index (χ4v) is 2.15. The summed E-state index contributed by atoms with van der Waals surface area (Å²) in [6.07, 6.45) is 6.38. The Kier molecular flexibility index (Phi) is 3.02. The summed E-state index contributed by atoms with van der Waals surface area (Å²) in [5.74, 6) is 0. The molecule has 2 rings (SSSR count). The van der Waals surface area contributed by atoms with Crippen LogP contribution in [-0.2, 0) is 16.4 Å². The first-order valence-corrected chi connectivity index (χ1v) is 6.12. The van der Waals surface area contributed by atoms with Crippen LogP contribution in [0.1, 0.15) is 5.69 Å². The molecule has 0 saturated heterocycles. The van der Waals surface area contributed by atoms with Crippen LogP contribution in [0.15, 0.2) is 29.8 Å². The zero-order valence-electron chi connectivity index (χ0n) is 8.34. The summed E-state index contributed by atoms with van der Waals surface area (Å²) in [7, 11) is -3.45. The highest BCUT2D eigenvalue weighted by Gasteiger charge is 2.13. The number of sulfonamides is 1. The molecule has 2 aromatic rings. The normalized spacial score (nSPS) is 11.8. The number of hydrogen-bond donors (Lipinski definition) is 3. The molecular weight excluding hydrogens is 230 g/mol. The van der Waals surface area contributed by atoms with Crippen molar-refractivity contribution in [1.29, 1.82) is 0 Å². The highest BCUT2D eigenvalue weighted by Crippen LogP contribution is 2.03. The van der Waals surface area contributed by atoms with Gasteiger partial charge in [0.2, 0.25) is 10.0 Å². The van der Waals surface area contributed by atoms with Crippen LogP contribution in [0.4, 0.5) is 0 Å². The van der Waals surface area contributed by atoms with Gasteiger partial charge in [-0.05, 0) is 0 Å². The summed E-state index contributed by atoms with van der Waals surface area (Å²) in [5.41, 5.74) is 0.884. The Hall–Kier alpha value is -1.67. The maximum atomic E-state index is 11.6. The van der Waals surface area contributed by atoms with Crippen molar-refractivity contribution in [2.24, 2.45) is 0 Å². The second-order valence-electron chi connectivity index (χ2n) is 3.16. The molecule has 7 nitrogen and oxygen atoms in total. The summed E-state index contributed by atoms with van der Waals surface area (Å²) in [4.78, 5) is 6.87. The minimum absolute atomic E-state index is 0.136. The minimum Gasteiger partial charge on any atom is -0.348 e. The van der Waals surface area contributed by atoms with Gasteiger partial charge in [0, 0.05) is 31.1 Å². The molecule has 0 spiro atoms. The van der Waals surface area contributed by atoms with Gasteiger partial charge in [-0.2, -0.15) is 5.10 Å². The van der Waals surface area contributed by atoms with Gasteiger partial charge in [0.1, 0.15) is 4.90 Å². The molecule has 0 amide bonds. The van der Waals surface area contributed by atoms with Crippen molar-refractivity contribution in [2.75, 3.05) is 6.54 Å². The lowest BCUT2D eigenvalue weighted by molar-refractivity contribution is 0.581. The van der Waals surface area contributed by atoms with E-state index in [0.717, 1.165) is 5.69 Å². The molecule has 0 aliphatic heterocycles. The Labute approximate surface area is 92.4 Å². The van der Waals surface area contributed by atoms with E-state index in [4.69, 9.17) is 0 Å². The second kappa shape index (κ2) is 4.45. The average Bonchev–Trinajstić information content (AvgIpc) is 2.90. The monoisotopic (exact) mass is 241 g/mol. The van der Waals surface area contributed by atoms with E-state index in [0.29, 0.717) is 13.0 Å². The lowest BCUT2D eigenvalue weighted by Crippen LogP contribution is -2.25. The number of rotatable bonds is 5. The smallest absolute Gasteiger partial charge is 0.243 e. The number of imidazole rings is 1. The maximum absolute atomic E-state index is 11.6. The number of H-pyrrole nitrogens is 2. The number of nitrogens with one attached hydrogen (secondary N) is 3. The molecule has 0 unspecified atom stereocenters. The largest absolute Gasteiger partial charge is 0.348 e. The van der Waals surface area contributed by atoms with Gasteiger partial charge in [-0.3, -0.25) is 5.10 Å². The summed E-state index contributed by atoms with van der Waals surface area (Å²) in [6, 6.07) is 0. The quantitative estimate of drug-likeness (QED) is 0.665. The van der Waals surface area contributed by atoms with Gasteiger partial charge >= 0.3 is 0 Å². The third kappa shape index (κ3) is 2.47. The lowest BCUT2D eigenvalue weighted by atomic mass is 10.3. The van der Waals surface area contributed by atoms with Gasteiger partial charge in [-0.1, -0.05) is 0 Å². The van der Waals surface area contributed by atoms with Crippen LogP contribution < -0.4 is 4.72 Å². The maximum Gasteiger partial charge on any atom is 0.243 e. The van der Waals surface area contributed by atoms with Crippen LogP contribution in [-0.4, -0.2) is 35.1 Å². The van der Waals surface area contributed by atoms with Crippen LogP contribution in [0.2, 0.25) is 0 Å².